The molecule has 150 valence electrons. The third-order valence-electron chi connectivity index (χ3n) is 4.82. The van der Waals surface area contributed by atoms with E-state index < -0.39 is 9.84 Å². The molecule has 1 aromatic carbocycles. The lowest BCUT2D eigenvalue weighted by molar-refractivity contribution is 0.122. The minimum Gasteiger partial charge on any atom is -0.497 e. The maximum Gasteiger partial charge on any atom is 0.229 e. The predicted octanol–water partition coefficient (Wildman–Crippen LogP) is 2.02. The number of aromatic nitrogens is 4. The highest BCUT2D eigenvalue weighted by Crippen LogP contribution is 2.33. The monoisotopic (exact) mass is 431 g/mol. The summed E-state index contributed by atoms with van der Waals surface area (Å²) < 4.78 is 39.6. The molecule has 4 aromatic rings. The van der Waals surface area contributed by atoms with E-state index in [2.05, 4.69) is 15.2 Å². The minimum absolute atomic E-state index is 0.0828. The smallest absolute Gasteiger partial charge is 0.229 e. The molecule has 0 unspecified atom stereocenters. The van der Waals surface area contributed by atoms with Crippen LogP contribution in [0.15, 0.2) is 45.6 Å². The van der Waals surface area contributed by atoms with E-state index in [1.54, 1.807) is 23.5 Å². The Morgan fingerprint density at radius 1 is 1.21 bits per heavy atom. The van der Waals surface area contributed by atoms with Crippen LogP contribution in [-0.4, -0.2) is 61.6 Å². The Morgan fingerprint density at radius 2 is 2.03 bits per heavy atom. The number of nitrogens with zero attached hydrogens (tertiary/aromatic N) is 5. The highest BCUT2D eigenvalue weighted by molar-refractivity contribution is 7.91. The lowest BCUT2D eigenvalue weighted by atomic mass is 10.3. The van der Waals surface area contributed by atoms with Crippen LogP contribution in [0.5, 0.6) is 5.75 Å². The minimum atomic E-state index is -3.93. The predicted molar refractivity (Wildman–Crippen MR) is 108 cm³/mol. The molecular weight excluding hydrogens is 414 g/mol. The second-order valence-corrected chi connectivity index (χ2v) is 9.26. The summed E-state index contributed by atoms with van der Waals surface area (Å²) in [5.74, 6) is 1.18. The van der Waals surface area contributed by atoms with Crippen molar-refractivity contribution in [1.29, 1.82) is 0 Å². The molecule has 0 amide bonds. The summed E-state index contributed by atoms with van der Waals surface area (Å²) in [6, 6.07) is 8.18. The average molecular weight is 431 g/mol. The largest absolute Gasteiger partial charge is 0.497 e. The van der Waals surface area contributed by atoms with Crippen molar-refractivity contribution < 1.29 is 17.9 Å². The molecule has 0 aliphatic carbocycles. The van der Waals surface area contributed by atoms with Gasteiger partial charge in [-0.15, -0.1) is 16.4 Å². The summed E-state index contributed by atoms with van der Waals surface area (Å²) in [4.78, 5) is 6.89. The Hall–Kier alpha value is -2.76. The van der Waals surface area contributed by atoms with E-state index in [-0.39, 0.29) is 15.6 Å². The molecule has 11 heteroatoms. The first-order chi connectivity index (χ1) is 14.1. The summed E-state index contributed by atoms with van der Waals surface area (Å²) in [5, 5.41) is 9.86. The molecule has 0 atom stereocenters. The van der Waals surface area contributed by atoms with Crippen LogP contribution >= 0.6 is 11.3 Å². The molecule has 0 saturated carbocycles. The SMILES string of the molecule is COc1cccc(S(=O)(=O)c2nnn3c2nc(N2CCOCC2)c2sccc23)c1. The van der Waals surface area contributed by atoms with Gasteiger partial charge >= 0.3 is 0 Å². The molecule has 29 heavy (non-hydrogen) atoms. The van der Waals surface area contributed by atoms with Crippen molar-refractivity contribution >= 4 is 42.9 Å². The summed E-state index contributed by atoms with van der Waals surface area (Å²) in [5.41, 5.74) is 0.987. The molecule has 9 nitrogen and oxygen atoms in total. The van der Waals surface area contributed by atoms with Gasteiger partial charge in [-0.1, -0.05) is 11.3 Å². The maximum absolute atomic E-state index is 13.3. The molecule has 1 aliphatic rings. The fraction of sp³-hybridized carbons (Fsp3) is 0.278. The van der Waals surface area contributed by atoms with Gasteiger partial charge in [0.2, 0.25) is 14.9 Å². The average Bonchev–Trinajstić information content (AvgIpc) is 3.41. The molecule has 0 spiro atoms. The lowest BCUT2D eigenvalue weighted by Crippen LogP contribution is -2.36. The molecule has 0 bridgehead atoms. The van der Waals surface area contributed by atoms with Gasteiger partial charge in [-0.05, 0) is 29.6 Å². The Bertz CT molecular complexity index is 1310. The standard InChI is InChI=1S/C18H17N5O4S2/c1-26-12-3-2-4-13(11-12)29(24,25)18-17-19-16(22-6-8-27-9-7-22)15-14(5-10-28-15)23(17)21-20-18/h2-5,10-11H,6-9H2,1H3. The highest BCUT2D eigenvalue weighted by atomic mass is 32.2. The van der Waals surface area contributed by atoms with Gasteiger partial charge in [0.1, 0.15) is 5.75 Å². The van der Waals surface area contributed by atoms with Crippen molar-refractivity contribution in [3.63, 3.8) is 0 Å². The van der Waals surface area contributed by atoms with Gasteiger partial charge in [-0.25, -0.2) is 13.4 Å². The van der Waals surface area contributed by atoms with E-state index >= 15 is 0 Å². The van der Waals surface area contributed by atoms with E-state index in [0.717, 1.165) is 16.0 Å². The summed E-state index contributed by atoms with van der Waals surface area (Å²) in [6.45, 7) is 2.59. The quantitative estimate of drug-likeness (QED) is 0.484. The van der Waals surface area contributed by atoms with E-state index in [0.29, 0.717) is 32.1 Å². The fourth-order valence-electron chi connectivity index (χ4n) is 3.35. The van der Waals surface area contributed by atoms with Crippen molar-refractivity contribution in [2.45, 2.75) is 9.92 Å². The van der Waals surface area contributed by atoms with Gasteiger partial charge in [0, 0.05) is 13.1 Å². The summed E-state index contributed by atoms with van der Waals surface area (Å²) in [6.07, 6.45) is 0. The number of methoxy groups -OCH3 is 1. The Kier molecular flexibility index (Phi) is 4.37. The van der Waals surface area contributed by atoms with Crippen molar-refractivity contribution in [3.05, 3.63) is 35.7 Å². The lowest BCUT2D eigenvalue weighted by Gasteiger charge is -2.28. The van der Waals surface area contributed by atoms with Gasteiger partial charge in [0.25, 0.3) is 0 Å². The van der Waals surface area contributed by atoms with Gasteiger partial charge in [-0.2, -0.15) is 4.52 Å². The number of fused-ring (bicyclic) bond motifs is 3. The molecule has 0 N–H and O–H groups in total. The number of hydrogen-bond donors (Lipinski definition) is 0. The number of ether oxygens (including phenoxy) is 2. The molecular formula is C18H17N5O4S2. The maximum atomic E-state index is 13.3. The van der Waals surface area contributed by atoms with Crippen LogP contribution < -0.4 is 9.64 Å². The molecule has 4 heterocycles. The van der Waals surface area contributed by atoms with E-state index in [1.165, 1.54) is 23.8 Å². The first-order valence-electron chi connectivity index (χ1n) is 8.94. The first kappa shape index (κ1) is 18.3. The molecule has 3 aromatic heterocycles. The number of hydrogen-bond acceptors (Lipinski definition) is 9. The zero-order chi connectivity index (χ0) is 20.0. The van der Waals surface area contributed by atoms with Crippen LogP contribution in [0.2, 0.25) is 0 Å². The summed E-state index contributed by atoms with van der Waals surface area (Å²) >= 11 is 1.54. The normalized spacial score (nSPS) is 15.3. The molecule has 5 rings (SSSR count). The third-order valence-corrected chi connectivity index (χ3v) is 7.37. The van der Waals surface area contributed by atoms with Crippen molar-refractivity contribution in [1.82, 2.24) is 19.8 Å². The third kappa shape index (κ3) is 2.93. The zero-order valence-corrected chi connectivity index (χ0v) is 17.1. The Labute approximate surface area is 170 Å². The van der Waals surface area contributed by atoms with Gasteiger partial charge in [0.05, 0.1) is 35.4 Å². The number of sulfone groups is 1. The molecule has 1 fully saturated rings. The number of thiophene rings is 1. The van der Waals surface area contributed by atoms with Crippen molar-refractivity contribution in [2.24, 2.45) is 0 Å². The molecule has 0 radical (unpaired) electrons. The van der Waals surface area contributed by atoms with Gasteiger partial charge < -0.3 is 14.4 Å². The fourth-order valence-corrected chi connectivity index (χ4v) is 5.51. The van der Waals surface area contributed by atoms with Crippen LogP contribution in [0.1, 0.15) is 0 Å². The summed E-state index contributed by atoms with van der Waals surface area (Å²) in [7, 11) is -2.44. The van der Waals surface area contributed by atoms with E-state index in [4.69, 9.17) is 14.5 Å². The van der Waals surface area contributed by atoms with Crippen LogP contribution in [0, 0.1) is 0 Å². The number of rotatable bonds is 4. The Morgan fingerprint density at radius 3 is 2.83 bits per heavy atom. The second-order valence-electron chi connectivity index (χ2n) is 6.48. The molecule has 1 saturated heterocycles. The van der Waals surface area contributed by atoms with Crippen molar-refractivity contribution in [3.8, 4) is 5.75 Å². The Balaban J connectivity index is 1.73. The number of benzene rings is 1. The van der Waals surface area contributed by atoms with Crippen molar-refractivity contribution in [2.75, 3.05) is 38.3 Å². The van der Waals surface area contributed by atoms with Gasteiger partial charge in [-0.3, -0.25) is 0 Å². The topological polar surface area (TPSA) is 98.9 Å². The van der Waals surface area contributed by atoms with Crippen LogP contribution in [0.25, 0.3) is 15.9 Å². The molecule has 1 aliphatic heterocycles. The van der Waals surface area contributed by atoms with E-state index in [1.807, 2.05) is 11.4 Å². The van der Waals surface area contributed by atoms with E-state index in [9.17, 15) is 8.42 Å². The number of anilines is 1. The van der Waals surface area contributed by atoms with Crippen LogP contribution in [-0.2, 0) is 14.6 Å². The number of morpholine rings is 1. The zero-order valence-electron chi connectivity index (χ0n) is 15.5. The van der Waals surface area contributed by atoms with Crippen LogP contribution in [0.3, 0.4) is 0 Å². The van der Waals surface area contributed by atoms with Crippen LogP contribution in [0.4, 0.5) is 5.82 Å². The first-order valence-corrected chi connectivity index (χ1v) is 11.3. The second kappa shape index (κ2) is 6.94. The highest BCUT2D eigenvalue weighted by Gasteiger charge is 2.29. The van der Waals surface area contributed by atoms with Gasteiger partial charge in [0.15, 0.2) is 11.5 Å².